The molecule has 2 rings (SSSR count). The Hall–Kier alpha value is -1.69. The van der Waals surface area contributed by atoms with Gasteiger partial charge in [0.2, 0.25) is 15.9 Å². The first-order valence-corrected chi connectivity index (χ1v) is 9.79. The molecule has 2 aromatic rings. The Bertz CT molecular complexity index is 887. The Kier molecular flexibility index (Phi) is 6.27. The molecule has 0 saturated carbocycles. The summed E-state index contributed by atoms with van der Waals surface area (Å²) < 4.78 is 64.9. The van der Waals surface area contributed by atoms with Gasteiger partial charge in [0.25, 0.3) is 0 Å². The number of carbonyl (C=O) groups excluding carboxylic acids is 1. The van der Waals surface area contributed by atoms with Gasteiger partial charge in [-0.2, -0.15) is 13.2 Å². The molecule has 1 heterocycles. The van der Waals surface area contributed by atoms with Crippen LogP contribution in [0.25, 0.3) is 0 Å². The maximum absolute atomic E-state index is 12.8. The topological polar surface area (TPSA) is 79.4 Å². The lowest BCUT2D eigenvalue weighted by atomic mass is 10.2. The molecule has 0 bridgehead atoms. The summed E-state index contributed by atoms with van der Waals surface area (Å²) in [5.74, 6) is -0.394. The third kappa shape index (κ3) is 4.93. The molecule has 0 atom stereocenters. The molecule has 0 aliphatic carbocycles. The lowest BCUT2D eigenvalue weighted by Crippen LogP contribution is -2.32. The van der Waals surface area contributed by atoms with Crippen LogP contribution < -0.4 is 9.62 Å². The van der Waals surface area contributed by atoms with Gasteiger partial charge < -0.3 is 0 Å². The van der Waals surface area contributed by atoms with Crippen LogP contribution in [0.1, 0.15) is 12.0 Å². The highest BCUT2D eigenvalue weighted by molar-refractivity contribution is 7.89. The molecule has 0 radical (unpaired) electrons. The number of sulfonamides is 1. The number of halogens is 4. The van der Waals surface area contributed by atoms with Gasteiger partial charge in [0, 0.05) is 31.6 Å². The summed E-state index contributed by atoms with van der Waals surface area (Å²) in [6.07, 6.45) is -3.45. The van der Waals surface area contributed by atoms with Crippen LogP contribution in [0.5, 0.6) is 0 Å². The fourth-order valence-corrected chi connectivity index (χ4v) is 3.83. The number of hydrogen-bond donors (Lipinski definition) is 1. The first-order valence-electron chi connectivity index (χ1n) is 7.05. The number of alkyl halides is 3. The van der Waals surface area contributed by atoms with Crippen molar-refractivity contribution in [1.82, 2.24) is 9.71 Å². The predicted molar refractivity (Wildman–Crippen MR) is 91.8 cm³/mol. The number of carbonyl (C=O) groups is 1. The number of hydrogen-bond acceptors (Lipinski definition) is 5. The second kappa shape index (κ2) is 7.91. The molecule has 6 nitrogen and oxygen atoms in total. The van der Waals surface area contributed by atoms with Crippen molar-refractivity contribution in [1.29, 1.82) is 0 Å². The molecular weight excluding hydrogens is 415 g/mol. The lowest BCUT2D eigenvalue weighted by molar-refractivity contribution is -0.137. The highest BCUT2D eigenvalue weighted by Crippen LogP contribution is 2.35. The molecule has 0 fully saturated rings. The van der Waals surface area contributed by atoms with Crippen LogP contribution in [0, 0.1) is 0 Å². The van der Waals surface area contributed by atoms with Gasteiger partial charge in [0.15, 0.2) is 5.13 Å². The Morgan fingerprint density at radius 1 is 1.38 bits per heavy atom. The number of nitrogens with zero attached hydrogens (tertiary/aromatic N) is 2. The van der Waals surface area contributed by atoms with Crippen LogP contribution in [0.4, 0.5) is 18.3 Å². The molecule has 26 heavy (non-hydrogen) atoms. The average Bonchev–Trinajstić information content (AvgIpc) is 3.07. The zero-order chi connectivity index (χ0) is 19.5. The maximum atomic E-state index is 12.8. The Labute approximate surface area is 156 Å². The number of rotatable bonds is 6. The SMILES string of the molecule is CN(C(=O)CCNS(=O)(=O)c1ccc(Cl)c(C(F)(F)F)c1)c1nccs1. The molecule has 142 valence electrons. The summed E-state index contributed by atoms with van der Waals surface area (Å²) in [5, 5.41) is 1.53. The van der Waals surface area contributed by atoms with Gasteiger partial charge in [-0.15, -0.1) is 11.3 Å². The van der Waals surface area contributed by atoms with Crippen molar-refractivity contribution in [2.45, 2.75) is 17.5 Å². The van der Waals surface area contributed by atoms with Gasteiger partial charge in [0.05, 0.1) is 15.5 Å². The third-order valence-corrected chi connectivity index (χ3v) is 5.90. The van der Waals surface area contributed by atoms with E-state index in [9.17, 15) is 26.4 Å². The summed E-state index contributed by atoms with van der Waals surface area (Å²) >= 11 is 6.71. The Morgan fingerprint density at radius 3 is 2.65 bits per heavy atom. The summed E-state index contributed by atoms with van der Waals surface area (Å²) in [4.78, 5) is 16.6. The molecule has 0 aliphatic heterocycles. The van der Waals surface area contributed by atoms with Gasteiger partial charge in [-0.3, -0.25) is 9.69 Å². The van der Waals surface area contributed by atoms with Gasteiger partial charge in [-0.05, 0) is 18.2 Å². The molecule has 0 unspecified atom stereocenters. The van der Waals surface area contributed by atoms with Crippen molar-refractivity contribution >= 4 is 44.0 Å². The van der Waals surface area contributed by atoms with E-state index in [-0.39, 0.29) is 13.0 Å². The highest BCUT2D eigenvalue weighted by Gasteiger charge is 2.34. The molecular formula is C14H13ClF3N3O3S2. The first-order chi connectivity index (χ1) is 12.0. The molecule has 0 saturated heterocycles. The minimum Gasteiger partial charge on any atom is -0.291 e. The van der Waals surface area contributed by atoms with E-state index in [0.29, 0.717) is 11.2 Å². The van der Waals surface area contributed by atoms with Crippen molar-refractivity contribution in [3.05, 3.63) is 40.4 Å². The van der Waals surface area contributed by atoms with Crippen LogP contribution in [-0.4, -0.2) is 32.9 Å². The van der Waals surface area contributed by atoms with Crippen LogP contribution in [0.15, 0.2) is 34.7 Å². The van der Waals surface area contributed by atoms with E-state index in [0.717, 1.165) is 12.1 Å². The van der Waals surface area contributed by atoms with Gasteiger partial charge in [-0.25, -0.2) is 18.1 Å². The Morgan fingerprint density at radius 2 is 2.08 bits per heavy atom. The van der Waals surface area contributed by atoms with E-state index < -0.39 is 37.6 Å². The number of aromatic nitrogens is 1. The molecule has 0 aliphatic rings. The minimum absolute atomic E-state index is 0.185. The number of amides is 1. The largest absolute Gasteiger partial charge is 0.417 e. The molecule has 12 heteroatoms. The zero-order valence-electron chi connectivity index (χ0n) is 13.2. The van der Waals surface area contributed by atoms with Crippen molar-refractivity contribution < 1.29 is 26.4 Å². The van der Waals surface area contributed by atoms with Crippen molar-refractivity contribution in [2.75, 3.05) is 18.5 Å². The van der Waals surface area contributed by atoms with Gasteiger partial charge >= 0.3 is 6.18 Å². The van der Waals surface area contributed by atoms with Gasteiger partial charge in [-0.1, -0.05) is 11.6 Å². The smallest absolute Gasteiger partial charge is 0.291 e. The van der Waals surface area contributed by atoms with Crippen LogP contribution in [0.3, 0.4) is 0 Å². The standard InChI is InChI=1S/C14H13ClF3N3O3S2/c1-21(13-19-6-7-25-13)12(22)4-5-20-26(23,24)9-2-3-11(15)10(8-9)14(16,17)18/h2-3,6-8,20H,4-5H2,1H3. The van der Waals surface area contributed by atoms with Crippen LogP contribution in [0.2, 0.25) is 5.02 Å². The number of benzene rings is 1. The van der Waals surface area contributed by atoms with E-state index in [1.54, 1.807) is 5.38 Å². The molecule has 1 aromatic carbocycles. The zero-order valence-corrected chi connectivity index (χ0v) is 15.6. The quantitative estimate of drug-likeness (QED) is 0.768. The molecule has 1 aromatic heterocycles. The highest BCUT2D eigenvalue weighted by atomic mass is 35.5. The predicted octanol–water partition coefficient (Wildman–Crippen LogP) is 3.15. The van der Waals surface area contributed by atoms with Crippen LogP contribution in [-0.2, 0) is 21.0 Å². The fourth-order valence-electron chi connectivity index (χ4n) is 1.92. The molecule has 1 amide bonds. The Balaban J connectivity index is 2.04. The molecule has 1 N–H and O–H groups in total. The second-order valence-electron chi connectivity index (χ2n) is 5.05. The van der Waals surface area contributed by atoms with E-state index in [1.165, 1.54) is 29.5 Å². The molecule has 0 spiro atoms. The summed E-state index contributed by atoms with van der Waals surface area (Å²) in [6.45, 7) is -0.277. The minimum atomic E-state index is -4.78. The van der Waals surface area contributed by atoms with E-state index >= 15 is 0 Å². The van der Waals surface area contributed by atoms with Crippen molar-refractivity contribution in [3.63, 3.8) is 0 Å². The summed E-state index contributed by atoms with van der Waals surface area (Å²) in [7, 11) is -2.74. The summed E-state index contributed by atoms with van der Waals surface area (Å²) in [6, 6.07) is 2.28. The normalized spacial score (nSPS) is 12.2. The fraction of sp³-hybridized carbons (Fsp3) is 0.286. The summed E-state index contributed by atoms with van der Waals surface area (Å²) in [5.41, 5.74) is -1.25. The monoisotopic (exact) mass is 427 g/mol. The first kappa shape index (κ1) is 20.6. The number of thiazole rings is 1. The maximum Gasteiger partial charge on any atom is 0.417 e. The van der Waals surface area contributed by atoms with E-state index in [1.807, 2.05) is 0 Å². The van der Waals surface area contributed by atoms with E-state index in [4.69, 9.17) is 11.6 Å². The average molecular weight is 428 g/mol. The van der Waals surface area contributed by atoms with Crippen molar-refractivity contribution in [2.24, 2.45) is 0 Å². The number of anilines is 1. The van der Waals surface area contributed by atoms with Gasteiger partial charge in [0.1, 0.15) is 0 Å². The lowest BCUT2D eigenvalue weighted by Gasteiger charge is -2.14. The second-order valence-corrected chi connectivity index (χ2v) is 8.10. The third-order valence-electron chi connectivity index (χ3n) is 3.26. The number of nitrogens with one attached hydrogen (secondary N) is 1. The van der Waals surface area contributed by atoms with Crippen molar-refractivity contribution in [3.8, 4) is 0 Å². The van der Waals surface area contributed by atoms with Crippen LogP contribution >= 0.6 is 22.9 Å². The van der Waals surface area contributed by atoms with E-state index in [2.05, 4.69) is 9.71 Å².